The predicted octanol–water partition coefficient (Wildman–Crippen LogP) is 2.90. The number of hydrogen-bond acceptors (Lipinski definition) is 3. The molecule has 1 atom stereocenters. The summed E-state index contributed by atoms with van der Waals surface area (Å²) in [7, 11) is -4.14. The Kier molecular flexibility index (Phi) is 5.11. The predicted molar refractivity (Wildman–Crippen MR) is 67.1 cm³/mol. The summed E-state index contributed by atoms with van der Waals surface area (Å²) in [4.78, 5) is -0.315. The van der Waals surface area contributed by atoms with Crippen LogP contribution in [0.5, 0.6) is 0 Å². The smallest absolute Gasteiger partial charge is 0.330 e. The van der Waals surface area contributed by atoms with E-state index in [-0.39, 0.29) is 14.9 Å². The molecule has 0 amide bonds. The van der Waals surface area contributed by atoms with E-state index in [1.807, 2.05) is 0 Å². The first-order valence-corrected chi connectivity index (χ1v) is 7.43. The largest absolute Gasteiger partial charge is 0.394 e. The van der Waals surface area contributed by atoms with Gasteiger partial charge in [0.25, 0.3) is 0 Å². The van der Waals surface area contributed by atoms with Crippen LogP contribution in [0, 0.1) is 5.92 Å². The minimum atomic E-state index is -4.67. The first kappa shape index (κ1) is 16.6. The van der Waals surface area contributed by atoms with E-state index in [1.54, 1.807) is 0 Å². The van der Waals surface area contributed by atoms with Gasteiger partial charge in [0.05, 0.1) is 26.6 Å². The molecule has 0 radical (unpaired) electrons. The number of hydrogen-bond donors (Lipinski definition) is 1. The molecule has 0 aliphatic carbocycles. The molecule has 9 heteroatoms. The Morgan fingerprint density at radius 2 is 1.79 bits per heavy atom. The SMILES string of the molecule is NCC(CS(=O)(=O)c1ccc(Cl)c(Cl)c1)C(F)(F)F. The van der Waals surface area contributed by atoms with Gasteiger partial charge in [0.1, 0.15) is 0 Å². The Bertz CT molecular complexity index is 560. The fourth-order valence-electron chi connectivity index (χ4n) is 1.33. The van der Waals surface area contributed by atoms with E-state index in [2.05, 4.69) is 0 Å². The molecule has 0 aliphatic heterocycles. The molecule has 2 N–H and O–H groups in total. The van der Waals surface area contributed by atoms with Crippen LogP contribution in [0.1, 0.15) is 0 Å². The molecule has 108 valence electrons. The van der Waals surface area contributed by atoms with Gasteiger partial charge in [0.2, 0.25) is 0 Å². The second-order valence-corrected chi connectivity index (χ2v) is 6.68. The molecule has 1 aromatic rings. The van der Waals surface area contributed by atoms with Crippen molar-refractivity contribution in [3.8, 4) is 0 Å². The van der Waals surface area contributed by atoms with E-state index in [0.29, 0.717) is 0 Å². The van der Waals surface area contributed by atoms with Crippen molar-refractivity contribution in [1.29, 1.82) is 0 Å². The van der Waals surface area contributed by atoms with Crippen LogP contribution in [0.2, 0.25) is 10.0 Å². The zero-order chi connectivity index (χ0) is 14.8. The summed E-state index contributed by atoms with van der Waals surface area (Å²) in [5.74, 6) is -3.24. The Labute approximate surface area is 118 Å². The molecular formula is C10H10Cl2F3NO2S. The maximum atomic E-state index is 12.5. The topological polar surface area (TPSA) is 60.2 Å². The Morgan fingerprint density at radius 3 is 2.21 bits per heavy atom. The maximum Gasteiger partial charge on any atom is 0.394 e. The van der Waals surface area contributed by atoms with Crippen LogP contribution in [0.25, 0.3) is 0 Å². The van der Waals surface area contributed by atoms with Gasteiger partial charge in [0.15, 0.2) is 9.84 Å². The van der Waals surface area contributed by atoms with Crippen molar-refractivity contribution in [1.82, 2.24) is 0 Å². The molecule has 0 saturated carbocycles. The number of rotatable bonds is 4. The highest BCUT2D eigenvalue weighted by molar-refractivity contribution is 7.91. The van der Waals surface area contributed by atoms with Crippen molar-refractivity contribution in [2.24, 2.45) is 11.7 Å². The van der Waals surface area contributed by atoms with Gasteiger partial charge in [-0.2, -0.15) is 13.2 Å². The monoisotopic (exact) mass is 335 g/mol. The third-order valence-corrected chi connectivity index (χ3v) is 4.97. The van der Waals surface area contributed by atoms with Crippen LogP contribution < -0.4 is 5.73 Å². The molecule has 3 nitrogen and oxygen atoms in total. The maximum absolute atomic E-state index is 12.5. The molecule has 1 aromatic carbocycles. The molecule has 0 fully saturated rings. The van der Waals surface area contributed by atoms with Crippen molar-refractivity contribution in [3.05, 3.63) is 28.2 Å². The van der Waals surface area contributed by atoms with E-state index < -0.39 is 34.2 Å². The molecule has 0 bridgehead atoms. The average Bonchev–Trinajstić information content (AvgIpc) is 2.28. The van der Waals surface area contributed by atoms with E-state index >= 15 is 0 Å². The molecule has 1 rings (SSSR count). The van der Waals surface area contributed by atoms with Crippen molar-refractivity contribution in [2.75, 3.05) is 12.3 Å². The third kappa shape index (κ3) is 4.24. The van der Waals surface area contributed by atoms with Gasteiger partial charge in [-0.25, -0.2) is 8.42 Å². The van der Waals surface area contributed by atoms with Crippen LogP contribution in [0.3, 0.4) is 0 Å². The normalized spacial score (nSPS) is 14.4. The molecule has 0 spiro atoms. The lowest BCUT2D eigenvalue weighted by Gasteiger charge is -2.18. The second-order valence-electron chi connectivity index (χ2n) is 3.83. The lowest BCUT2D eigenvalue weighted by atomic mass is 10.2. The number of alkyl halides is 3. The van der Waals surface area contributed by atoms with E-state index in [9.17, 15) is 21.6 Å². The van der Waals surface area contributed by atoms with Gasteiger partial charge in [-0.05, 0) is 18.2 Å². The van der Waals surface area contributed by atoms with Crippen molar-refractivity contribution in [3.63, 3.8) is 0 Å². The van der Waals surface area contributed by atoms with Crippen molar-refractivity contribution >= 4 is 33.0 Å². The van der Waals surface area contributed by atoms with E-state index in [1.165, 1.54) is 6.07 Å². The molecule has 0 heterocycles. The highest BCUT2D eigenvalue weighted by atomic mass is 35.5. The van der Waals surface area contributed by atoms with Crippen LogP contribution in [0.4, 0.5) is 13.2 Å². The van der Waals surface area contributed by atoms with Gasteiger partial charge >= 0.3 is 6.18 Å². The fraction of sp³-hybridized carbons (Fsp3) is 0.400. The number of nitrogens with two attached hydrogens (primary N) is 1. The zero-order valence-electron chi connectivity index (χ0n) is 9.42. The zero-order valence-corrected chi connectivity index (χ0v) is 11.7. The van der Waals surface area contributed by atoms with E-state index in [4.69, 9.17) is 28.9 Å². The quantitative estimate of drug-likeness (QED) is 0.920. The van der Waals surface area contributed by atoms with Gasteiger partial charge in [0, 0.05) is 6.54 Å². The summed E-state index contributed by atoms with van der Waals surface area (Å²) >= 11 is 11.2. The summed E-state index contributed by atoms with van der Waals surface area (Å²) in [5.41, 5.74) is 4.97. The van der Waals surface area contributed by atoms with Crippen LogP contribution >= 0.6 is 23.2 Å². The Hall–Kier alpha value is -0.500. The number of benzene rings is 1. The van der Waals surface area contributed by atoms with Gasteiger partial charge < -0.3 is 5.73 Å². The summed E-state index contributed by atoms with van der Waals surface area (Å²) in [5, 5.41) is 0.0749. The minimum absolute atomic E-state index is 0.0425. The summed E-state index contributed by atoms with van der Waals surface area (Å²) in [6.45, 7) is -0.802. The highest BCUT2D eigenvalue weighted by Crippen LogP contribution is 2.30. The average molecular weight is 336 g/mol. The standard InChI is InChI=1S/C10H10Cl2F3NO2S/c11-8-2-1-7(3-9(8)12)19(17,18)5-6(4-16)10(13,14)15/h1-3,6H,4-5,16H2. The van der Waals surface area contributed by atoms with E-state index in [0.717, 1.165) is 12.1 Å². The lowest BCUT2D eigenvalue weighted by molar-refractivity contribution is -0.165. The fourth-order valence-corrected chi connectivity index (χ4v) is 3.31. The van der Waals surface area contributed by atoms with Crippen molar-refractivity contribution in [2.45, 2.75) is 11.1 Å². The highest BCUT2D eigenvalue weighted by Gasteiger charge is 2.41. The molecule has 1 unspecified atom stereocenters. The second kappa shape index (κ2) is 5.87. The molecule has 0 aliphatic rings. The lowest BCUT2D eigenvalue weighted by Crippen LogP contribution is -2.36. The molecule has 0 aromatic heterocycles. The van der Waals surface area contributed by atoms with Gasteiger partial charge in [-0.15, -0.1) is 0 Å². The molecular weight excluding hydrogens is 326 g/mol. The summed E-state index contributed by atoms with van der Waals surface area (Å²) < 4.78 is 61.3. The number of halogens is 5. The van der Waals surface area contributed by atoms with Gasteiger partial charge in [-0.1, -0.05) is 23.2 Å². The molecule has 0 saturated heterocycles. The first-order chi connectivity index (χ1) is 8.58. The van der Waals surface area contributed by atoms with Crippen molar-refractivity contribution < 1.29 is 21.6 Å². The molecule has 19 heavy (non-hydrogen) atoms. The Morgan fingerprint density at radius 1 is 1.21 bits per heavy atom. The van der Waals surface area contributed by atoms with Crippen LogP contribution in [-0.2, 0) is 9.84 Å². The minimum Gasteiger partial charge on any atom is -0.330 e. The van der Waals surface area contributed by atoms with Crippen LogP contribution in [-0.4, -0.2) is 26.9 Å². The summed E-state index contributed by atoms with van der Waals surface area (Å²) in [6.07, 6.45) is -4.67. The third-order valence-electron chi connectivity index (χ3n) is 2.42. The number of sulfone groups is 1. The Balaban J connectivity index is 3.07. The van der Waals surface area contributed by atoms with Gasteiger partial charge in [-0.3, -0.25) is 0 Å². The summed E-state index contributed by atoms with van der Waals surface area (Å²) in [6, 6.07) is 3.33. The van der Waals surface area contributed by atoms with Crippen LogP contribution in [0.15, 0.2) is 23.1 Å². The first-order valence-electron chi connectivity index (χ1n) is 5.02.